The number of rotatable bonds is 2. The number of halogens is 1. The molecule has 20 heavy (non-hydrogen) atoms. The molecule has 1 aliphatic carbocycles. The van der Waals surface area contributed by atoms with Gasteiger partial charge in [-0.3, -0.25) is 4.79 Å². The number of amides is 1. The van der Waals surface area contributed by atoms with Gasteiger partial charge in [0.15, 0.2) is 0 Å². The van der Waals surface area contributed by atoms with Crippen molar-refractivity contribution in [2.75, 3.05) is 0 Å². The number of carbonyl (C=O) groups excluding carboxylic acids is 1. The molecule has 110 valence electrons. The summed E-state index contributed by atoms with van der Waals surface area (Å²) < 4.78 is 0.604. The van der Waals surface area contributed by atoms with Crippen LogP contribution in [0.4, 0.5) is 0 Å². The Morgan fingerprint density at radius 1 is 1.30 bits per heavy atom. The van der Waals surface area contributed by atoms with Gasteiger partial charge in [-0.05, 0) is 58.2 Å². The summed E-state index contributed by atoms with van der Waals surface area (Å²) in [4.78, 5) is 16.5. The summed E-state index contributed by atoms with van der Waals surface area (Å²) in [6, 6.07) is 3.81. The maximum Gasteiger partial charge on any atom is 0.254 e. The van der Waals surface area contributed by atoms with Gasteiger partial charge in [0, 0.05) is 12.2 Å². The van der Waals surface area contributed by atoms with Crippen molar-refractivity contribution in [2.45, 2.75) is 53.0 Å². The molecule has 0 spiro atoms. The lowest BCUT2D eigenvalue weighted by molar-refractivity contribution is 0.0713. The molecule has 1 saturated carbocycles. The average molecular weight is 339 g/mol. The lowest BCUT2D eigenvalue weighted by Gasteiger charge is -2.45. The Hall–Kier alpha value is -0.900. The highest BCUT2D eigenvalue weighted by Crippen LogP contribution is 2.45. The summed E-state index contributed by atoms with van der Waals surface area (Å²) in [7, 11) is 0. The molecule has 0 aromatic carbocycles. The van der Waals surface area contributed by atoms with E-state index < -0.39 is 0 Å². The van der Waals surface area contributed by atoms with E-state index in [1.807, 2.05) is 0 Å². The lowest BCUT2D eigenvalue weighted by Crippen LogP contribution is -2.46. The fourth-order valence-corrected chi connectivity index (χ4v) is 4.20. The summed E-state index contributed by atoms with van der Waals surface area (Å²) in [5, 5.41) is 3.18. The molecule has 1 amide bonds. The van der Waals surface area contributed by atoms with Gasteiger partial charge >= 0.3 is 0 Å². The number of carbonyl (C=O) groups is 1. The smallest absolute Gasteiger partial charge is 0.254 e. The first-order valence-corrected chi connectivity index (χ1v) is 7.89. The summed E-state index contributed by atoms with van der Waals surface area (Å²) in [6.07, 6.45) is 4.93. The van der Waals surface area contributed by atoms with E-state index in [0.29, 0.717) is 10.2 Å². The highest BCUT2D eigenvalue weighted by Gasteiger charge is 2.39. The molecular weight excluding hydrogens is 316 g/mol. The van der Waals surface area contributed by atoms with Gasteiger partial charge in [0.2, 0.25) is 0 Å². The molecule has 0 radical (unpaired) electrons. The molecular formula is C16H23BrN2O. The predicted octanol–water partition coefficient (Wildman–Crippen LogP) is 4.18. The minimum atomic E-state index is -0.0384. The molecule has 1 aromatic heterocycles. The highest BCUT2D eigenvalue weighted by molar-refractivity contribution is 9.10. The Balaban J connectivity index is 2.10. The first kappa shape index (κ1) is 15.5. The number of nitrogens with zero attached hydrogens (tertiary/aromatic N) is 1. The van der Waals surface area contributed by atoms with Crippen molar-refractivity contribution in [3.8, 4) is 0 Å². The zero-order chi connectivity index (χ0) is 15.0. The maximum absolute atomic E-state index is 12.4. The average Bonchev–Trinajstić information content (AvgIpc) is 2.24. The van der Waals surface area contributed by atoms with Gasteiger partial charge in [-0.1, -0.05) is 27.7 Å². The molecule has 1 heterocycles. The highest BCUT2D eigenvalue weighted by atomic mass is 79.9. The van der Waals surface area contributed by atoms with Gasteiger partial charge < -0.3 is 5.32 Å². The molecule has 1 aromatic rings. The molecule has 1 aliphatic rings. The van der Waals surface area contributed by atoms with Crippen LogP contribution in [0.3, 0.4) is 0 Å². The SMILES string of the molecule is CC1(C)CC(NC(=O)c2cccnc2Br)CC(C)(C)C1. The van der Waals surface area contributed by atoms with Crippen LogP contribution in [-0.4, -0.2) is 16.9 Å². The largest absolute Gasteiger partial charge is 0.349 e. The van der Waals surface area contributed by atoms with E-state index in [0.717, 1.165) is 12.8 Å². The van der Waals surface area contributed by atoms with Crippen molar-refractivity contribution in [2.24, 2.45) is 10.8 Å². The molecule has 0 aliphatic heterocycles. The van der Waals surface area contributed by atoms with E-state index >= 15 is 0 Å². The van der Waals surface area contributed by atoms with Crippen LogP contribution < -0.4 is 5.32 Å². The van der Waals surface area contributed by atoms with E-state index in [4.69, 9.17) is 0 Å². The summed E-state index contributed by atoms with van der Waals surface area (Å²) in [6.45, 7) is 9.14. The minimum Gasteiger partial charge on any atom is -0.349 e. The summed E-state index contributed by atoms with van der Waals surface area (Å²) in [5.74, 6) is -0.0384. The van der Waals surface area contributed by atoms with Crippen LogP contribution in [0, 0.1) is 10.8 Å². The molecule has 0 atom stereocenters. The van der Waals surface area contributed by atoms with Crippen LogP contribution in [0.25, 0.3) is 0 Å². The van der Waals surface area contributed by atoms with Gasteiger partial charge in [0.05, 0.1) is 5.56 Å². The number of hydrogen-bond donors (Lipinski definition) is 1. The normalized spacial score (nSPS) is 21.4. The molecule has 1 N–H and O–H groups in total. The van der Waals surface area contributed by atoms with Crippen molar-refractivity contribution in [1.82, 2.24) is 10.3 Å². The second-order valence-electron chi connectivity index (χ2n) is 7.43. The quantitative estimate of drug-likeness (QED) is 0.822. The van der Waals surface area contributed by atoms with Gasteiger partial charge in [0.25, 0.3) is 5.91 Å². The topological polar surface area (TPSA) is 42.0 Å². The van der Waals surface area contributed by atoms with Crippen molar-refractivity contribution >= 4 is 21.8 Å². The van der Waals surface area contributed by atoms with Crippen molar-refractivity contribution < 1.29 is 4.79 Å². The van der Waals surface area contributed by atoms with Crippen molar-refractivity contribution in [3.05, 3.63) is 28.5 Å². The predicted molar refractivity (Wildman–Crippen MR) is 84.6 cm³/mol. The third-order valence-corrected chi connectivity index (χ3v) is 4.53. The third-order valence-electron chi connectivity index (χ3n) is 3.89. The van der Waals surface area contributed by atoms with E-state index in [2.05, 4.69) is 53.9 Å². The maximum atomic E-state index is 12.4. The fraction of sp³-hybridized carbons (Fsp3) is 0.625. The molecule has 0 unspecified atom stereocenters. The number of aromatic nitrogens is 1. The first-order chi connectivity index (χ1) is 9.19. The van der Waals surface area contributed by atoms with E-state index in [9.17, 15) is 4.79 Å². The Labute approximate surface area is 129 Å². The number of hydrogen-bond acceptors (Lipinski definition) is 2. The molecule has 1 fully saturated rings. The second kappa shape index (κ2) is 5.47. The second-order valence-corrected chi connectivity index (χ2v) is 8.18. The van der Waals surface area contributed by atoms with E-state index in [1.165, 1.54) is 6.42 Å². The van der Waals surface area contributed by atoms with E-state index in [1.54, 1.807) is 18.3 Å². The van der Waals surface area contributed by atoms with Gasteiger partial charge in [-0.25, -0.2) is 4.98 Å². The van der Waals surface area contributed by atoms with Gasteiger partial charge in [0.1, 0.15) is 4.60 Å². The zero-order valence-corrected chi connectivity index (χ0v) is 14.3. The Morgan fingerprint density at radius 2 is 1.90 bits per heavy atom. The van der Waals surface area contributed by atoms with E-state index in [-0.39, 0.29) is 22.8 Å². The van der Waals surface area contributed by atoms with Crippen LogP contribution in [-0.2, 0) is 0 Å². The summed E-state index contributed by atoms with van der Waals surface area (Å²) in [5.41, 5.74) is 1.14. The Morgan fingerprint density at radius 3 is 2.45 bits per heavy atom. The van der Waals surface area contributed by atoms with Crippen molar-refractivity contribution in [3.63, 3.8) is 0 Å². The Kier molecular flexibility index (Phi) is 4.24. The zero-order valence-electron chi connectivity index (χ0n) is 12.7. The van der Waals surface area contributed by atoms with Crippen LogP contribution in [0.5, 0.6) is 0 Å². The molecule has 4 heteroatoms. The summed E-state index contributed by atoms with van der Waals surface area (Å²) >= 11 is 3.33. The number of nitrogens with one attached hydrogen (secondary N) is 1. The fourth-order valence-electron chi connectivity index (χ4n) is 3.77. The lowest BCUT2D eigenvalue weighted by atomic mass is 9.63. The molecule has 0 saturated heterocycles. The molecule has 2 rings (SSSR count). The third kappa shape index (κ3) is 3.81. The monoisotopic (exact) mass is 338 g/mol. The van der Waals surface area contributed by atoms with Gasteiger partial charge in [-0.15, -0.1) is 0 Å². The number of pyridine rings is 1. The van der Waals surface area contributed by atoms with Crippen LogP contribution >= 0.6 is 15.9 Å². The van der Waals surface area contributed by atoms with Crippen molar-refractivity contribution in [1.29, 1.82) is 0 Å². The first-order valence-electron chi connectivity index (χ1n) is 7.10. The van der Waals surface area contributed by atoms with Crippen LogP contribution in [0.15, 0.2) is 22.9 Å². The van der Waals surface area contributed by atoms with Gasteiger partial charge in [-0.2, -0.15) is 0 Å². The standard InChI is InChI=1S/C16H23BrN2O/c1-15(2)8-11(9-16(3,4)10-15)19-14(20)12-6-5-7-18-13(12)17/h5-7,11H,8-10H2,1-4H3,(H,19,20). The molecule has 0 bridgehead atoms. The minimum absolute atomic E-state index is 0.0384. The van der Waals surface area contributed by atoms with Crippen LogP contribution in [0.1, 0.15) is 57.3 Å². The van der Waals surface area contributed by atoms with Crippen LogP contribution in [0.2, 0.25) is 0 Å². The molecule has 3 nitrogen and oxygen atoms in total. The Bertz CT molecular complexity index is 495.